The molecule has 0 aliphatic carbocycles. The summed E-state index contributed by atoms with van der Waals surface area (Å²) in [4.78, 5) is 13.7. The lowest BCUT2D eigenvalue weighted by Crippen LogP contribution is -2.35. The molecule has 0 aromatic heterocycles. The minimum atomic E-state index is -3.76. The number of benzene rings is 2. The highest BCUT2D eigenvalue weighted by molar-refractivity contribution is 7.92. The first-order chi connectivity index (χ1) is 11.9. The maximum absolute atomic E-state index is 12.5. The van der Waals surface area contributed by atoms with Crippen molar-refractivity contribution in [3.8, 4) is 0 Å². The van der Waals surface area contributed by atoms with E-state index in [0.29, 0.717) is 29.4 Å². The van der Waals surface area contributed by atoms with Crippen LogP contribution in [0.25, 0.3) is 0 Å². The van der Waals surface area contributed by atoms with Gasteiger partial charge in [-0.15, -0.1) is 0 Å². The maximum atomic E-state index is 12.5. The average molecular weight is 399 g/mol. The van der Waals surface area contributed by atoms with Gasteiger partial charge in [-0.25, -0.2) is 8.42 Å². The maximum Gasteiger partial charge on any atom is 0.261 e. The molecule has 132 valence electrons. The number of nitrogens with zero attached hydrogens (tertiary/aromatic N) is 1. The summed E-state index contributed by atoms with van der Waals surface area (Å²) >= 11 is 11.7. The zero-order valence-corrected chi connectivity index (χ0v) is 15.5. The molecular weight excluding hydrogens is 383 g/mol. The normalized spacial score (nSPS) is 15.3. The summed E-state index contributed by atoms with van der Waals surface area (Å²) in [5, 5.41) is 0.612. The predicted molar refractivity (Wildman–Crippen MR) is 99.9 cm³/mol. The van der Waals surface area contributed by atoms with E-state index in [4.69, 9.17) is 23.2 Å². The second-order valence-corrected chi connectivity index (χ2v) is 8.23. The molecule has 1 saturated heterocycles. The summed E-state index contributed by atoms with van der Waals surface area (Å²) in [5.74, 6) is 0.0655. The molecule has 1 aliphatic rings. The molecule has 0 unspecified atom stereocenters. The van der Waals surface area contributed by atoms with Crippen molar-refractivity contribution in [1.82, 2.24) is 0 Å². The number of carbonyl (C=O) groups excluding carboxylic acids is 1. The molecule has 0 radical (unpaired) electrons. The number of carbonyl (C=O) groups is 1. The average Bonchev–Trinajstić information content (AvgIpc) is 2.58. The number of anilines is 2. The fourth-order valence-electron chi connectivity index (χ4n) is 2.66. The van der Waals surface area contributed by atoms with Gasteiger partial charge in [0, 0.05) is 18.7 Å². The fourth-order valence-corrected chi connectivity index (χ4v) is 4.01. The lowest BCUT2D eigenvalue weighted by molar-refractivity contribution is -0.119. The number of piperidine rings is 1. The van der Waals surface area contributed by atoms with Gasteiger partial charge < -0.3 is 4.90 Å². The summed E-state index contributed by atoms with van der Waals surface area (Å²) < 4.78 is 27.4. The number of hydrogen-bond donors (Lipinski definition) is 1. The Balaban J connectivity index is 1.80. The summed E-state index contributed by atoms with van der Waals surface area (Å²) in [5.41, 5.74) is 1.03. The highest BCUT2D eigenvalue weighted by atomic mass is 35.5. The van der Waals surface area contributed by atoms with Gasteiger partial charge >= 0.3 is 0 Å². The van der Waals surface area contributed by atoms with Crippen molar-refractivity contribution in [2.45, 2.75) is 24.2 Å². The quantitative estimate of drug-likeness (QED) is 0.833. The Hall–Kier alpha value is -1.76. The van der Waals surface area contributed by atoms with Gasteiger partial charge in [-0.05, 0) is 55.3 Å². The molecular formula is C17H16Cl2N2O3S. The molecule has 0 saturated carbocycles. The largest absolute Gasteiger partial charge is 0.312 e. The van der Waals surface area contributed by atoms with Gasteiger partial charge in [0.1, 0.15) is 0 Å². The van der Waals surface area contributed by atoms with Crippen LogP contribution in [0, 0.1) is 0 Å². The van der Waals surface area contributed by atoms with Gasteiger partial charge in [0.2, 0.25) is 5.91 Å². The van der Waals surface area contributed by atoms with Gasteiger partial charge in [0.25, 0.3) is 10.0 Å². The molecule has 0 atom stereocenters. The molecule has 3 rings (SSSR count). The van der Waals surface area contributed by atoms with Crippen LogP contribution >= 0.6 is 23.2 Å². The molecule has 0 bridgehead atoms. The summed E-state index contributed by atoms with van der Waals surface area (Å²) in [6, 6.07) is 10.8. The third-order valence-electron chi connectivity index (χ3n) is 3.95. The Morgan fingerprint density at radius 3 is 2.32 bits per heavy atom. The van der Waals surface area contributed by atoms with Gasteiger partial charge in [0.15, 0.2) is 0 Å². The van der Waals surface area contributed by atoms with Crippen molar-refractivity contribution < 1.29 is 13.2 Å². The van der Waals surface area contributed by atoms with E-state index in [1.54, 1.807) is 17.0 Å². The predicted octanol–water partition coefficient (Wildman–Crippen LogP) is 4.31. The smallest absolute Gasteiger partial charge is 0.261 e. The van der Waals surface area contributed by atoms with E-state index in [0.717, 1.165) is 12.8 Å². The fraction of sp³-hybridized carbons (Fsp3) is 0.235. The summed E-state index contributed by atoms with van der Waals surface area (Å²) in [6.07, 6.45) is 2.37. The van der Waals surface area contributed by atoms with Crippen molar-refractivity contribution in [1.29, 1.82) is 0 Å². The first-order valence-electron chi connectivity index (χ1n) is 7.75. The molecule has 8 heteroatoms. The van der Waals surface area contributed by atoms with E-state index in [9.17, 15) is 13.2 Å². The first-order valence-corrected chi connectivity index (χ1v) is 9.99. The second-order valence-electron chi connectivity index (χ2n) is 5.73. The van der Waals surface area contributed by atoms with Crippen molar-refractivity contribution >= 4 is 50.5 Å². The van der Waals surface area contributed by atoms with E-state index in [1.165, 1.54) is 30.3 Å². The lowest BCUT2D eigenvalue weighted by atomic mass is 10.1. The molecule has 1 heterocycles. The molecule has 2 aromatic carbocycles. The molecule has 0 spiro atoms. The van der Waals surface area contributed by atoms with Gasteiger partial charge in [0.05, 0.1) is 20.6 Å². The topological polar surface area (TPSA) is 66.5 Å². The van der Waals surface area contributed by atoms with E-state index in [-0.39, 0.29) is 15.8 Å². The minimum Gasteiger partial charge on any atom is -0.312 e. The van der Waals surface area contributed by atoms with Crippen molar-refractivity contribution in [3.63, 3.8) is 0 Å². The monoisotopic (exact) mass is 398 g/mol. The zero-order valence-electron chi connectivity index (χ0n) is 13.2. The Labute approximate surface area is 156 Å². The molecule has 2 aromatic rings. The summed E-state index contributed by atoms with van der Waals surface area (Å²) in [7, 11) is -3.76. The van der Waals surface area contributed by atoms with Crippen LogP contribution in [-0.4, -0.2) is 20.9 Å². The lowest BCUT2D eigenvalue weighted by Gasteiger charge is -2.26. The zero-order chi connectivity index (χ0) is 18.0. The molecule has 1 N–H and O–H groups in total. The van der Waals surface area contributed by atoms with Crippen molar-refractivity contribution in [3.05, 3.63) is 52.5 Å². The van der Waals surface area contributed by atoms with E-state index < -0.39 is 10.0 Å². The Morgan fingerprint density at radius 1 is 0.960 bits per heavy atom. The summed E-state index contributed by atoms with van der Waals surface area (Å²) in [6.45, 7) is 0.659. The molecule has 5 nitrogen and oxygen atoms in total. The molecule has 1 fully saturated rings. The SMILES string of the molecule is O=C1CCCCN1c1ccc(S(=O)(=O)Nc2ccc(Cl)c(Cl)c2)cc1. The molecule has 1 aliphatic heterocycles. The Kier molecular flexibility index (Phi) is 5.22. The molecule has 25 heavy (non-hydrogen) atoms. The number of rotatable bonds is 4. The van der Waals surface area contributed by atoms with Gasteiger partial charge in [-0.1, -0.05) is 23.2 Å². The highest BCUT2D eigenvalue weighted by Gasteiger charge is 2.21. The van der Waals surface area contributed by atoms with E-state index in [1.807, 2.05) is 0 Å². The number of sulfonamides is 1. The van der Waals surface area contributed by atoms with E-state index in [2.05, 4.69) is 4.72 Å². The Bertz CT molecular complexity index is 899. The number of halogens is 2. The standard InChI is InChI=1S/C17H16Cl2N2O3S/c18-15-9-4-12(11-16(15)19)20-25(23,24)14-7-5-13(6-8-14)21-10-2-1-3-17(21)22/h4-9,11,20H,1-3,10H2. The third-order valence-corrected chi connectivity index (χ3v) is 6.09. The van der Waals surface area contributed by atoms with Crippen LogP contribution in [0.15, 0.2) is 47.4 Å². The highest BCUT2D eigenvalue weighted by Crippen LogP contribution is 2.27. The van der Waals surface area contributed by atoms with E-state index >= 15 is 0 Å². The van der Waals surface area contributed by atoms with Gasteiger partial charge in [-0.3, -0.25) is 9.52 Å². The van der Waals surface area contributed by atoms with Crippen LogP contribution in [0.2, 0.25) is 10.0 Å². The van der Waals surface area contributed by atoms with Crippen LogP contribution in [0.1, 0.15) is 19.3 Å². The van der Waals surface area contributed by atoms with Crippen LogP contribution < -0.4 is 9.62 Å². The minimum absolute atomic E-state index is 0.0655. The number of amides is 1. The van der Waals surface area contributed by atoms with Crippen molar-refractivity contribution in [2.24, 2.45) is 0 Å². The second kappa shape index (κ2) is 7.23. The molecule has 1 amide bonds. The first kappa shape index (κ1) is 18.0. The van der Waals surface area contributed by atoms with Gasteiger partial charge in [-0.2, -0.15) is 0 Å². The van der Waals surface area contributed by atoms with Crippen LogP contribution in [0.3, 0.4) is 0 Å². The third kappa shape index (κ3) is 4.08. The van der Waals surface area contributed by atoms with Crippen LogP contribution in [0.5, 0.6) is 0 Å². The van der Waals surface area contributed by atoms with Crippen molar-refractivity contribution in [2.75, 3.05) is 16.2 Å². The van der Waals surface area contributed by atoms with Crippen LogP contribution in [0.4, 0.5) is 11.4 Å². The number of nitrogens with one attached hydrogen (secondary N) is 1. The van der Waals surface area contributed by atoms with Crippen LogP contribution in [-0.2, 0) is 14.8 Å². The number of hydrogen-bond acceptors (Lipinski definition) is 3. The Morgan fingerprint density at radius 2 is 1.68 bits per heavy atom.